The number of ether oxygens (including phenoxy) is 2. The van der Waals surface area contributed by atoms with Crippen molar-refractivity contribution in [1.82, 2.24) is 4.90 Å². The first-order valence-corrected chi connectivity index (χ1v) is 5.25. The molecule has 0 aromatic rings. The molecular weight excluding hydrogens is 214 g/mol. The molecule has 0 saturated carbocycles. The van der Waals surface area contributed by atoms with Crippen molar-refractivity contribution in [2.75, 3.05) is 26.9 Å². The minimum Gasteiger partial charge on any atom is -0.467 e. The van der Waals surface area contributed by atoms with Crippen LogP contribution in [0.3, 0.4) is 0 Å². The zero-order chi connectivity index (χ0) is 12.2. The second-order valence-electron chi connectivity index (χ2n) is 3.70. The van der Waals surface area contributed by atoms with Crippen molar-refractivity contribution in [2.45, 2.75) is 25.3 Å². The number of amides is 1. The highest BCUT2D eigenvalue weighted by molar-refractivity contribution is 5.86. The van der Waals surface area contributed by atoms with E-state index < -0.39 is 17.6 Å². The summed E-state index contributed by atoms with van der Waals surface area (Å²) in [6, 6.07) is 0. The summed E-state index contributed by atoms with van der Waals surface area (Å²) < 4.78 is 9.91. The Morgan fingerprint density at radius 2 is 2.19 bits per heavy atom. The number of hydrogen-bond donors (Lipinski definition) is 1. The molecule has 1 aliphatic rings. The Balaban J connectivity index is 2.92. The van der Waals surface area contributed by atoms with Crippen LogP contribution in [-0.4, -0.2) is 54.5 Å². The first-order valence-electron chi connectivity index (χ1n) is 5.25. The van der Waals surface area contributed by atoms with Gasteiger partial charge in [0.2, 0.25) is 0 Å². The van der Waals surface area contributed by atoms with Crippen molar-refractivity contribution in [3.63, 3.8) is 0 Å². The summed E-state index contributed by atoms with van der Waals surface area (Å²) in [5.74, 6) is -0.541. The Morgan fingerprint density at radius 3 is 2.69 bits per heavy atom. The van der Waals surface area contributed by atoms with Crippen LogP contribution in [0.2, 0.25) is 0 Å². The number of nitrogens with zero attached hydrogens (tertiary/aromatic N) is 1. The van der Waals surface area contributed by atoms with Crippen LogP contribution < -0.4 is 0 Å². The second-order valence-corrected chi connectivity index (χ2v) is 3.70. The number of methoxy groups -OCH3 is 1. The SMILES string of the molecule is CCOCC1(C(=O)OC)CCCN1C(=O)O. The van der Waals surface area contributed by atoms with Gasteiger partial charge in [-0.05, 0) is 19.8 Å². The highest BCUT2D eigenvalue weighted by atomic mass is 16.5. The van der Waals surface area contributed by atoms with E-state index in [1.165, 1.54) is 7.11 Å². The summed E-state index contributed by atoms with van der Waals surface area (Å²) in [5, 5.41) is 9.06. The maximum atomic E-state index is 11.7. The fraction of sp³-hybridized carbons (Fsp3) is 0.800. The second kappa shape index (κ2) is 5.16. The van der Waals surface area contributed by atoms with E-state index in [0.29, 0.717) is 26.0 Å². The monoisotopic (exact) mass is 231 g/mol. The zero-order valence-corrected chi connectivity index (χ0v) is 9.56. The Morgan fingerprint density at radius 1 is 1.50 bits per heavy atom. The summed E-state index contributed by atoms with van der Waals surface area (Å²) in [7, 11) is 1.26. The first-order chi connectivity index (χ1) is 7.58. The number of esters is 1. The summed E-state index contributed by atoms with van der Waals surface area (Å²) >= 11 is 0. The Hall–Kier alpha value is -1.30. The molecule has 1 saturated heterocycles. The fourth-order valence-electron chi connectivity index (χ4n) is 2.04. The number of rotatable bonds is 4. The molecule has 6 heteroatoms. The molecule has 6 nitrogen and oxygen atoms in total. The predicted octanol–water partition coefficient (Wildman–Crippen LogP) is 0.709. The van der Waals surface area contributed by atoms with Crippen LogP contribution in [0.25, 0.3) is 0 Å². The summed E-state index contributed by atoms with van der Waals surface area (Å²) in [5.41, 5.74) is -1.16. The van der Waals surface area contributed by atoms with Crippen LogP contribution in [0.5, 0.6) is 0 Å². The normalized spacial score (nSPS) is 24.5. The smallest absolute Gasteiger partial charge is 0.408 e. The Labute approximate surface area is 94.1 Å². The van der Waals surface area contributed by atoms with Crippen molar-refractivity contribution in [3.8, 4) is 0 Å². The fourth-order valence-corrected chi connectivity index (χ4v) is 2.04. The van der Waals surface area contributed by atoms with Gasteiger partial charge in [0.1, 0.15) is 0 Å². The number of likely N-dealkylation sites (tertiary alicyclic amines) is 1. The van der Waals surface area contributed by atoms with Gasteiger partial charge in [-0.1, -0.05) is 0 Å². The highest BCUT2D eigenvalue weighted by Crippen LogP contribution is 2.31. The van der Waals surface area contributed by atoms with E-state index in [1.54, 1.807) is 6.92 Å². The maximum absolute atomic E-state index is 11.7. The van der Waals surface area contributed by atoms with Gasteiger partial charge in [0.05, 0.1) is 13.7 Å². The van der Waals surface area contributed by atoms with Crippen molar-refractivity contribution < 1.29 is 24.2 Å². The molecule has 0 radical (unpaired) electrons. The molecule has 1 rings (SSSR count). The third-order valence-electron chi connectivity index (χ3n) is 2.83. The van der Waals surface area contributed by atoms with Gasteiger partial charge in [-0.15, -0.1) is 0 Å². The van der Waals surface area contributed by atoms with E-state index in [2.05, 4.69) is 0 Å². The molecule has 1 atom stereocenters. The van der Waals surface area contributed by atoms with Crippen molar-refractivity contribution in [2.24, 2.45) is 0 Å². The van der Waals surface area contributed by atoms with E-state index in [4.69, 9.17) is 14.6 Å². The van der Waals surface area contributed by atoms with Crippen molar-refractivity contribution in [3.05, 3.63) is 0 Å². The lowest BCUT2D eigenvalue weighted by Crippen LogP contribution is -2.56. The standard InChI is InChI=1S/C10H17NO5/c1-3-16-7-10(8(12)15-2)5-4-6-11(10)9(13)14/h3-7H2,1-2H3,(H,13,14). The van der Waals surface area contributed by atoms with E-state index >= 15 is 0 Å². The minimum atomic E-state index is -1.16. The number of hydrogen-bond acceptors (Lipinski definition) is 4. The molecule has 0 aromatic heterocycles. The lowest BCUT2D eigenvalue weighted by Gasteiger charge is -2.33. The number of carboxylic acid groups (broad SMARTS) is 1. The van der Waals surface area contributed by atoms with Gasteiger partial charge in [-0.25, -0.2) is 9.59 Å². The number of carbonyl (C=O) groups is 2. The van der Waals surface area contributed by atoms with Crippen LogP contribution in [-0.2, 0) is 14.3 Å². The summed E-state index contributed by atoms with van der Waals surface area (Å²) in [6.07, 6.45) is -0.0110. The van der Waals surface area contributed by atoms with Gasteiger partial charge in [0.15, 0.2) is 5.54 Å². The molecular formula is C10H17NO5. The van der Waals surface area contributed by atoms with Gasteiger partial charge in [0, 0.05) is 13.2 Å². The average molecular weight is 231 g/mol. The molecule has 1 heterocycles. The summed E-state index contributed by atoms with van der Waals surface area (Å²) in [6.45, 7) is 2.64. The van der Waals surface area contributed by atoms with Gasteiger partial charge < -0.3 is 14.6 Å². The Bertz CT molecular complexity index is 280. The Kier molecular flexibility index (Phi) is 4.12. The van der Waals surface area contributed by atoms with E-state index in [1.807, 2.05) is 0 Å². The topological polar surface area (TPSA) is 76.1 Å². The van der Waals surface area contributed by atoms with E-state index in [9.17, 15) is 9.59 Å². The van der Waals surface area contributed by atoms with Crippen molar-refractivity contribution >= 4 is 12.1 Å². The third-order valence-corrected chi connectivity index (χ3v) is 2.83. The molecule has 0 aromatic carbocycles. The van der Waals surface area contributed by atoms with Gasteiger partial charge in [-0.2, -0.15) is 0 Å². The summed E-state index contributed by atoms with van der Waals surface area (Å²) in [4.78, 5) is 23.9. The molecule has 16 heavy (non-hydrogen) atoms. The molecule has 1 aliphatic heterocycles. The average Bonchev–Trinajstić information content (AvgIpc) is 2.70. The van der Waals surface area contributed by atoms with Crippen LogP contribution in [0.15, 0.2) is 0 Å². The minimum absolute atomic E-state index is 0.0580. The number of carbonyl (C=O) groups excluding carboxylic acids is 1. The molecule has 1 fully saturated rings. The zero-order valence-electron chi connectivity index (χ0n) is 9.56. The largest absolute Gasteiger partial charge is 0.467 e. The van der Waals surface area contributed by atoms with E-state index in [-0.39, 0.29) is 6.61 Å². The predicted molar refractivity (Wildman–Crippen MR) is 55.2 cm³/mol. The van der Waals surface area contributed by atoms with Gasteiger partial charge in [0.25, 0.3) is 0 Å². The van der Waals surface area contributed by atoms with Crippen LogP contribution in [0.4, 0.5) is 4.79 Å². The van der Waals surface area contributed by atoms with Crippen molar-refractivity contribution in [1.29, 1.82) is 0 Å². The molecule has 92 valence electrons. The molecule has 0 spiro atoms. The van der Waals surface area contributed by atoms with Gasteiger partial charge in [-0.3, -0.25) is 4.90 Å². The lowest BCUT2D eigenvalue weighted by molar-refractivity contribution is -0.156. The van der Waals surface area contributed by atoms with Gasteiger partial charge >= 0.3 is 12.1 Å². The molecule has 1 unspecified atom stereocenters. The molecule has 1 N–H and O–H groups in total. The first kappa shape index (κ1) is 12.8. The van der Waals surface area contributed by atoms with Crippen LogP contribution in [0, 0.1) is 0 Å². The highest BCUT2D eigenvalue weighted by Gasteiger charge is 2.51. The quantitative estimate of drug-likeness (QED) is 0.721. The molecule has 1 amide bonds. The lowest BCUT2D eigenvalue weighted by atomic mass is 9.97. The van der Waals surface area contributed by atoms with E-state index in [0.717, 1.165) is 4.90 Å². The maximum Gasteiger partial charge on any atom is 0.408 e. The molecule has 0 bridgehead atoms. The van der Waals surface area contributed by atoms with Crippen LogP contribution >= 0.6 is 0 Å². The van der Waals surface area contributed by atoms with Crippen LogP contribution in [0.1, 0.15) is 19.8 Å². The molecule has 0 aliphatic carbocycles. The third kappa shape index (κ3) is 2.11.